The fraction of sp³-hybridized carbons (Fsp3) is 0.267. The zero-order valence-electron chi connectivity index (χ0n) is 10.9. The number of hydrogen-bond donors (Lipinski definition) is 2. The first-order valence-electron chi connectivity index (χ1n) is 6.40. The number of hydrogen-bond acceptors (Lipinski definition) is 3. The largest absolute Gasteiger partial charge is 0.399 e. The topological polar surface area (TPSA) is 55.1 Å². The predicted molar refractivity (Wildman–Crippen MR) is 80.3 cm³/mol. The Balaban J connectivity index is 2.11. The van der Waals surface area contributed by atoms with Gasteiger partial charge in [-0.15, -0.1) is 11.3 Å². The second kappa shape index (κ2) is 6.38. The molecule has 1 aromatic heterocycles. The number of benzene rings is 1. The lowest BCUT2D eigenvalue weighted by atomic mass is 10.1. The quantitative estimate of drug-likeness (QED) is 0.818. The van der Waals surface area contributed by atoms with E-state index in [-0.39, 0.29) is 11.9 Å². The first kappa shape index (κ1) is 13.6. The number of carbonyl (C=O) groups is 1. The molecule has 0 aliphatic rings. The van der Waals surface area contributed by atoms with E-state index in [1.54, 1.807) is 35.6 Å². The Labute approximate surface area is 117 Å². The molecule has 0 fully saturated rings. The molecule has 0 aliphatic heterocycles. The first-order valence-corrected chi connectivity index (χ1v) is 7.28. The fourth-order valence-electron chi connectivity index (χ4n) is 1.99. The minimum atomic E-state index is -0.0702. The van der Waals surface area contributed by atoms with Gasteiger partial charge in [0.05, 0.1) is 6.04 Å². The van der Waals surface area contributed by atoms with Crippen molar-refractivity contribution in [3.63, 3.8) is 0 Å². The molecular weight excluding hydrogens is 256 g/mol. The van der Waals surface area contributed by atoms with Gasteiger partial charge in [-0.25, -0.2) is 0 Å². The van der Waals surface area contributed by atoms with E-state index in [2.05, 4.69) is 18.3 Å². The molecule has 0 aliphatic carbocycles. The monoisotopic (exact) mass is 274 g/mol. The number of carbonyl (C=O) groups excluding carboxylic acids is 1. The van der Waals surface area contributed by atoms with Crippen molar-refractivity contribution in [2.75, 3.05) is 5.73 Å². The average Bonchev–Trinajstić information content (AvgIpc) is 2.92. The van der Waals surface area contributed by atoms with Crippen molar-refractivity contribution in [2.24, 2.45) is 0 Å². The normalized spacial score (nSPS) is 12.1. The Hall–Kier alpha value is -1.81. The molecule has 3 N–H and O–H groups in total. The molecule has 3 nitrogen and oxygen atoms in total. The third kappa shape index (κ3) is 3.58. The fourth-order valence-corrected chi connectivity index (χ4v) is 2.80. The zero-order valence-corrected chi connectivity index (χ0v) is 11.7. The van der Waals surface area contributed by atoms with Gasteiger partial charge < -0.3 is 11.1 Å². The van der Waals surface area contributed by atoms with Crippen molar-refractivity contribution in [1.29, 1.82) is 0 Å². The standard InChI is InChI=1S/C15H18N2OS/c1-2-5-13(14-8-4-9-19-14)17-15(18)11-6-3-7-12(16)10-11/h3-4,6-10,13H,2,5,16H2,1H3,(H,17,18). The highest BCUT2D eigenvalue weighted by atomic mass is 32.1. The molecule has 0 radical (unpaired) electrons. The summed E-state index contributed by atoms with van der Waals surface area (Å²) in [6, 6.07) is 11.2. The van der Waals surface area contributed by atoms with E-state index in [0.29, 0.717) is 11.3 Å². The number of amides is 1. The number of nitrogens with one attached hydrogen (secondary N) is 1. The summed E-state index contributed by atoms with van der Waals surface area (Å²) >= 11 is 1.67. The first-order chi connectivity index (χ1) is 9.20. The lowest BCUT2D eigenvalue weighted by Gasteiger charge is -2.17. The summed E-state index contributed by atoms with van der Waals surface area (Å²) in [5, 5.41) is 5.11. The molecule has 0 saturated heterocycles. The Kier molecular flexibility index (Phi) is 4.58. The highest BCUT2D eigenvalue weighted by molar-refractivity contribution is 7.10. The smallest absolute Gasteiger partial charge is 0.251 e. The molecular formula is C15H18N2OS. The molecule has 0 saturated carbocycles. The molecule has 1 atom stereocenters. The molecule has 100 valence electrons. The van der Waals surface area contributed by atoms with Gasteiger partial charge in [-0.1, -0.05) is 25.5 Å². The summed E-state index contributed by atoms with van der Waals surface area (Å²) in [6.45, 7) is 2.12. The number of anilines is 1. The summed E-state index contributed by atoms with van der Waals surface area (Å²) in [6.07, 6.45) is 1.97. The van der Waals surface area contributed by atoms with Crippen molar-refractivity contribution < 1.29 is 4.79 Å². The van der Waals surface area contributed by atoms with Gasteiger partial charge in [0, 0.05) is 16.1 Å². The lowest BCUT2D eigenvalue weighted by molar-refractivity contribution is 0.0935. The predicted octanol–water partition coefficient (Wildman–Crippen LogP) is 3.60. The van der Waals surface area contributed by atoms with Crippen LogP contribution in [0.2, 0.25) is 0 Å². The maximum absolute atomic E-state index is 12.2. The van der Waals surface area contributed by atoms with E-state index in [1.807, 2.05) is 11.4 Å². The van der Waals surface area contributed by atoms with Gasteiger partial charge in [0.2, 0.25) is 0 Å². The second-order valence-electron chi connectivity index (χ2n) is 4.46. The van der Waals surface area contributed by atoms with Gasteiger partial charge in [0.1, 0.15) is 0 Å². The lowest BCUT2D eigenvalue weighted by Crippen LogP contribution is -2.28. The maximum Gasteiger partial charge on any atom is 0.251 e. The zero-order chi connectivity index (χ0) is 13.7. The summed E-state index contributed by atoms with van der Waals surface area (Å²) in [5.41, 5.74) is 6.92. The van der Waals surface area contributed by atoms with Crippen LogP contribution in [-0.4, -0.2) is 5.91 Å². The molecule has 1 unspecified atom stereocenters. The Morgan fingerprint density at radius 2 is 2.21 bits per heavy atom. The summed E-state index contributed by atoms with van der Waals surface area (Å²) in [4.78, 5) is 13.4. The van der Waals surface area contributed by atoms with Gasteiger partial charge >= 0.3 is 0 Å². The van der Waals surface area contributed by atoms with Gasteiger partial charge in [-0.05, 0) is 36.1 Å². The molecule has 2 aromatic rings. The Morgan fingerprint density at radius 1 is 1.37 bits per heavy atom. The van der Waals surface area contributed by atoms with Gasteiger partial charge in [0.25, 0.3) is 5.91 Å². The number of nitrogen functional groups attached to an aromatic ring is 1. The summed E-state index contributed by atoms with van der Waals surface area (Å²) in [5.74, 6) is -0.0702. The average molecular weight is 274 g/mol. The molecule has 0 bridgehead atoms. The van der Waals surface area contributed by atoms with Crippen LogP contribution in [0.3, 0.4) is 0 Å². The van der Waals surface area contributed by atoms with Crippen LogP contribution in [0.25, 0.3) is 0 Å². The van der Waals surface area contributed by atoms with Gasteiger partial charge in [-0.3, -0.25) is 4.79 Å². The van der Waals surface area contributed by atoms with Crippen molar-refractivity contribution in [3.8, 4) is 0 Å². The van der Waals surface area contributed by atoms with Crippen LogP contribution in [0.5, 0.6) is 0 Å². The molecule has 1 amide bonds. The third-order valence-corrected chi connectivity index (χ3v) is 3.90. The van der Waals surface area contributed by atoms with E-state index < -0.39 is 0 Å². The van der Waals surface area contributed by atoms with Gasteiger partial charge in [-0.2, -0.15) is 0 Å². The van der Waals surface area contributed by atoms with Crippen LogP contribution in [0.1, 0.15) is 41.0 Å². The minimum Gasteiger partial charge on any atom is -0.399 e. The van der Waals surface area contributed by atoms with E-state index in [1.165, 1.54) is 4.88 Å². The number of thiophene rings is 1. The van der Waals surface area contributed by atoms with E-state index in [4.69, 9.17) is 5.73 Å². The molecule has 1 heterocycles. The number of rotatable bonds is 5. The van der Waals surface area contributed by atoms with Crippen molar-refractivity contribution in [3.05, 3.63) is 52.2 Å². The van der Waals surface area contributed by atoms with Crippen molar-refractivity contribution >= 4 is 22.9 Å². The summed E-state index contributed by atoms with van der Waals surface area (Å²) in [7, 11) is 0. The van der Waals surface area contributed by atoms with Gasteiger partial charge in [0.15, 0.2) is 0 Å². The van der Waals surface area contributed by atoms with E-state index in [0.717, 1.165) is 12.8 Å². The molecule has 1 aromatic carbocycles. The van der Waals surface area contributed by atoms with Crippen LogP contribution in [-0.2, 0) is 0 Å². The molecule has 4 heteroatoms. The Bertz CT molecular complexity index is 537. The molecule has 0 spiro atoms. The van der Waals surface area contributed by atoms with Crippen LogP contribution >= 0.6 is 11.3 Å². The van der Waals surface area contributed by atoms with Crippen molar-refractivity contribution in [1.82, 2.24) is 5.32 Å². The SMILES string of the molecule is CCCC(NC(=O)c1cccc(N)c1)c1cccs1. The van der Waals surface area contributed by atoms with Crippen LogP contribution in [0.15, 0.2) is 41.8 Å². The highest BCUT2D eigenvalue weighted by Gasteiger charge is 2.15. The maximum atomic E-state index is 12.2. The summed E-state index contributed by atoms with van der Waals surface area (Å²) < 4.78 is 0. The Morgan fingerprint density at radius 3 is 2.84 bits per heavy atom. The molecule has 19 heavy (non-hydrogen) atoms. The van der Waals surface area contributed by atoms with Crippen LogP contribution in [0.4, 0.5) is 5.69 Å². The van der Waals surface area contributed by atoms with Crippen LogP contribution < -0.4 is 11.1 Å². The van der Waals surface area contributed by atoms with E-state index in [9.17, 15) is 4.79 Å². The highest BCUT2D eigenvalue weighted by Crippen LogP contribution is 2.23. The minimum absolute atomic E-state index is 0.0702. The van der Waals surface area contributed by atoms with Crippen molar-refractivity contribution in [2.45, 2.75) is 25.8 Å². The van der Waals surface area contributed by atoms with E-state index >= 15 is 0 Å². The molecule has 2 rings (SSSR count). The third-order valence-electron chi connectivity index (χ3n) is 2.92. The number of nitrogens with two attached hydrogens (primary N) is 1. The van der Waals surface area contributed by atoms with Crippen LogP contribution in [0, 0.1) is 0 Å². The second-order valence-corrected chi connectivity index (χ2v) is 5.43.